The number of likely N-dealkylation sites (tertiary alicyclic amines) is 1. The largest absolute Gasteiger partial charge is 0.343 e. The van der Waals surface area contributed by atoms with E-state index in [1.54, 1.807) is 33.3 Å². The molecule has 0 radical (unpaired) electrons. The Morgan fingerprint density at radius 2 is 1.97 bits per heavy atom. The minimum Gasteiger partial charge on any atom is -0.343 e. The number of piperidine rings is 1. The van der Waals surface area contributed by atoms with Crippen molar-refractivity contribution in [2.24, 2.45) is 5.92 Å². The van der Waals surface area contributed by atoms with E-state index in [9.17, 15) is 9.59 Å². The van der Waals surface area contributed by atoms with Crippen LogP contribution in [0.4, 0.5) is 0 Å². The lowest BCUT2D eigenvalue weighted by Crippen LogP contribution is -2.41. The van der Waals surface area contributed by atoms with Gasteiger partial charge in [-0.2, -0.15) is 0 Å². The number of hydrogen-bond donors (Lipinski definition) is 0. The van der Waals surface area contributed by atoms with E-state index in [1.807, 2.05) is 35.2 Å². The smallest absolute Gasteiger partial charge is 0.273 e. The van der Waals surface area contributed by atoms with Crippen LogP contribution in [0, 0.1) is 12.8 Å². The molecule has 7 heteroatoms. The minimum atomic E-state index is -0.130. The lowest BCUT2D eigenvalue weighted by Gasteiger charge is -2.32. The Morgan fingerprint density at radius 3 is 2.77 bits per heavy atom. The predicted molar refractivity (Wildman–Crippen MR) is 119 cm³/mol. The molecule has 0 bridgehead atoms. The zero-order valence-electron chi connectivity index (χ0n) is 18.2. The van der Waals surface area contributed by atoms with Crippen LogP contribution in [0.2, 0.25) is 0 Å². The maximum atomic E-state index is 13.3. The zero-order valence-corrected chi connectivity index (χ0v) is 18.2. The molecule has 3 heterocycles. The van der Waals surface area contributed by atoms with Crippen LogP contribution in [0.15, 0.2) is 42.6 Å². The summed E-state index contributed by atoms with van der Waals surface area (Å²) in [6, 6.07) is 11.6. The lowest BCUT2D eigenvalue weighted by molar-refractivity contribution is 0.0669. The van der Waals surface area contributed by atoms with Gasteiger partial charge in [0.2, 0.25) is 0 Å². The van der Waals surface area contributed by atoms with Gasteiger partial charge in [0.15, 0.2) is 0 Å². The van der Waals surface area contributed by atoms with Gasteiger partial charge in [-0.25, -0.2) is 9.97 Å². The van der Waals surface area contributed by atoms with Crippen molar-refractivity contribution in [3.63, 3.8) is 0 Å². The van der Waals surface area contributed by atoms with Crippen molar-refractivity contribution >= 4 is 22.6 Å². The van der Waals surface area contributed by atoms with Crippen molar-refractivity contribution in [2.75, 3.05) is 27.2 Å². The number of nitrogens with zero attached hydrogens (tertiary/aromatic N) is 5. The SMILES string of the molecule is Cc1nc(CC2CCCN(C(=O)c3nccc4ccccc34)C2)cc(C(=O)N(C)C)n1. The average Bonchev–Trinajstić information content (AvgIpc) is 2.77. The van der Waals surface area contributed by atoms with Crippen LogP contribution < -0.4 is 0 Å². The van der Waals surface area contributed by atoms with Crippen LogP contribution in [0.3, 0.4) is 0 Å². The van der Waals surface area contributed by atoms with Gasteiger partial charge in [0.1, 0.15) is 17.2 Å². The van der Waals surface area contributed by atoms with Crippen LogP contribution >= 0.6 is 0 Å². The predicted octanol–water partition coefficient (Wildman–Crippen LogP) is 3.13. The van der Waals surface area contributed by atoms with Gasteiger partial charge in [-0.05, 0) is 49.6 Å². The first-order valence-corrected chi connectivity index (χ1v) is 10.6. The van der Waals surface area contributed by atoms with E-state index >= 15 is 0 Å². The third-order valence-electron chi connectivity index (χ3n) is 5.70. The molecule has 1 unspecified atom stereocenters. The van der Waals surface area contributed by atoms with Crippen LogP contribution in [0.1, 0.15) is 45.3 Å². The second-order valence-electron chi connectivity index (χ2n) is 8.34. The van der Waals surface area contributed by atoms with E-state index in [0.29, 0.717) is 30.2 Å². The molecule has 3 aromatic rings. The van der Waals surface area contributed by atoms with E-state index in [4.69, 9.17) is 0 Å². The molecule has 2 aromatic heterocycles. The molecule has 31 heavy (non-hydrogen) atoms. The summed E-state index contributed by atoms with van der Waals surface area (Å²) < 4.78 is 0. The third kappa shape index (κ3) is 4.55. The summed E-state index contributed by atoms with van der Waals surface area (Å²) >= 11 is 0. The summed E-state index contributed by atoms with van der Waals surface area (Å²) in [5, 5.41) is 1.90. The van der Waals surface area contributed by atoms with Crippen molar-refractivity contribution in [3.8, 4) is 0 Å². The summed E-state index contributed by atoms with van der Waals surface area (Å²) in [7, 11) is 3.43. The van der Waals surface area contributed by atoms with Crippen molar-refractivity contribution in [1.82, 2.24) is 24.8 Å². The zero-order chi connectivity index (χ0) is 22.0. The molecule has 160 valence electrons. The van der Waals surface area contributed by atoms with Crippen LogP contribution in [0.5, 0.6) is 0 Å². The Kier molecular flexibility index (Phi) is 5.93. The molecule has 7 nitrogen and oxygen atoms in total. The van der Waals surface area contributed by atoms with E-state index in [-0.39, 0.29) is 17.7 Å². The Bertz CT molecular complexity index is 1120. The highest BCUT2D eigenvalue weighted by Gasteiger charge is 2.27. The second kappa shape index (κ2) is 8.79. The summed E-state index contributed by atoms with van der Waals surface area (Å²) in [6.07, 6.45) is 4.37. The molecule has 0 saturated carbocycles. The number of pyridine rings is 1. The van der Waals surface area contributed by atoms with Gasteiger partial charge in [-0.1, -0.05) is 24.3 Å². The number of fused-ring (bicyclic) bond motifs is 1. The summed E-state index contributed by atoms with van der Waals surface area (Å²) in [5.41, 5.74) is 1.77. The van der Waals surface area contributed by atoms with Crippen molar-refractivity contribution in [1.29, 1.82) is 0 Å². The Hall–Kier alpha value is -3.35. The second-order valence-corrected chi connectivity index (χ2v) is 8.34. The number of amides is 2. The van der Waals surface area contributed by atoms with Gasteiger partial charge >= 0.3 is 0 Å². The Balaban J connectivity index is 1.51. The normalized spacial score (nSPS) is 16.4. The van der Waals surface area contributed by atoms with Gasteiger partial charge in [0, 0.05) is 44.5 Å². The monoisotopic (exact) mass is 417 g/mol. The molecular formula is C24H27N5O2. The molecule has 2 amide bonds. The maximum Gasteiger partial charge on any atom is 0.273 e. The van der Waals surface area contributed by atoms with Gasteiger partial charge in [0.05, 0.1) is 0 Å². The van der Waals surface area contributed by atoms with Gasteiger partial charge < -0.3 is 9.80 Å². The number of aromatic nitrogens is 3. The quantitative estimate of drug-likeness (QED) is 0.652. The fourth-order valence-corrected chi connectivity index (χ4v) is 4.22. The number of carbonyl (C=O) groups excluding carboxylic acids is 2. The number of hydrogen-bond acceptors (Lipinski definition) is 5. The Morgan fingerprint density at radius 1 is 1.16 bits per heavy atom. The lowest BCUT2D eigenvalue weighted by atomic mass is 9.92. The highest BCUT2D eigenvalue weighted by Crippen LogP contribution is 2.24. The fraction of sp³-hybridized carbons (Fsp3) is 0.375. The summed E-state index contributed by atoms with van der Waals surface area (Å²) in [5.74, 6) is 0.716. The highest BCUT2D eigenvalue weighted by atomic mass is 16.2. The van der Waals surface area contributed by atoms with Crippen LogP contribution in [-0.4, -0.2) is 63.8 Å². The first-order chi connectivity index (χ1) is 14.9. The first-order valence-electron chi connectivity index (χ1n) is 10.6. The van der Waals surface area contributed by atoms with Gasteiger partial charge in [0.25, 0.3) is 11.8 Å². The number of carbonyl (C=O) groups is 2. The Labute approximate surface area is 182 Å². The number of aryl methyl sites for hydroxylation is 1. The molecule has 1 fully saturated rings. The highest BCUT2D eigenvalue weighted by molar-refractivity contribution is 6.05. The van der Waals surface area contributed by atoms with E-state index in [1.165, 1.54) is 4.90 Å². The number of rotatable bonds is 4. The van der Waals surface area contributed by atoms with Crippen LogP contribution in [-0.2, 0) is 6.42 Å². The maximum absolute atomic E-state index is 13.3. The van der Waals surface area contributed by atoms with Crippen molar-refractivity contribution < 1.29 is 9.59 Å². The van der Waals surface area contributed by atoms with Crippen molar-refractivity contribution in [2.45, 2.75) is 26.2 Å². The average molecular weight is 418 g/mol. The van der Waals surface area contributed by atoms with E-state index in [0.717, 1.165) is 35.9 Å². The molecular weight excluding hydrogens is 390 g/mol. The van der Waals surface area contributed by atoms with E-state index < -0.39 is 0 Å². The fourth-order valence-electron chi connectivity index (χ4n) is 4.22. The molecule has 0 spiro atoms. The summed E-state index contributed by atoms with van der Waals surface area (Å²) in [6.45, 7) is 3.19. The molecule has 0 N–H and O–H groups in total. The van der Waals surface area contributed by atoms with Crippen LogP contribution in [0.25, 0.3) is 10.8 Å². The first kappa shape index (κ1) is 20.9. The molecule has 1 aromatic carbocycles. The molecule has 1 aliphatic heterocycles. The standard InChI is InChI=1S/C24H27N5O2/c1-16-26-19(14-21(27-16)23(30)28(2)3)13-17-7-6-12-29(15-17)24(31)22-20-9-5-4-8-18(20)10-11-25-22/h4-5,8-11,14,17H,6-7,12-13,15H2,1-3H3. The third-order valence-corrected chi connectivity index (χ3v) is 5.70. The molecule has 1 saturated heterocycles. The van der Waals surface area contributed by atoms with Crippen molar-refractivity contribution in [3.05, 3.63) is 65.5 Å². The topological polar surface area (TPSA) is 79.3 Å². The van der Waals surface area contributed by atoms with E-state index in [2.05, 4.69) is 15.0 Å². The molecule has 1 atom stereocenters. The molecule has 0 aliphatic carbocycles. The molecule has 4 rings (SSSR count). The molecule has 1 aliphatic rings. The number of benzene rings is 1. The minimum absolute atomic E-state index is 0.0242. The van der Waals surface area contributed by atoms with Gasteiger partial charge in [-0.15, -0.1) is 0 Å². The summed E-state index contributed by atoms with van der Waals surface area (Å²) in [4.78, 5) is 42.2. The van der Waals surface area contributed by atoms with Gasteiger partial charge in [-0.3, -0.25) is 14.6 Å².